The van der Waals surface area contributed by atoms with Crippen LogP contribution in [-0.2, 0) is 10.0 Å². The van der Waals surface area contributed by atoms with Crippen LogP contribution in [0.1, 0.15) is 17.3 Å². The summed E-state index contributed by atoms with van der Waals surface area (Å²) in [4.78, 5) is 12.6. The van der Waals surface area contributed by atoms with Crippen molar-refractivity contribution < 1.29 is 17.9 Å². The van der Waals surface area contributed by atoms with Crippen molar-refractivity contribution in [3.05, 3.63) is 82.3 Å². The molecule has 0 saturated carbocycles. The van der Waals surface area contributed by atoms with Gasteiger partial charge in [-0.3, -0.25) is 9.52 Å². The van der Waals surface area contributed by atoms with Gasteiger partial charge < -0.3 is 10.1 Å². The molecule has 30 heavy (non-hydrogen) atoms. The monoisotopic (exact) mass is 464 g/mol. The molecule has 6 nitrogen and oxygen atoms in total. The van der Waals surface area contributed by atoms with Crippen LogP contribution >= 0.6 is 23.2 Å². The summed E-state index contributed by atoms with van der Waals surface area (Å²) in [5, 5.41) is 3.15. The SMILES string of the molecule is CCOc1ccccc1NC(=O)c1cccc(NS(=O)(=O)c2ccc(Cl)c(Cl)c2)c1. The number of anilines is 2. The smallest absolute Gasteiger partial charge is 0.261 e. The number of hydrogen-bond donors (Lipinski definition) is 2. The summed E-state index contributed by atoms with van der Waals surface area (Å²) >= 11 is 11.8. The fourth-order valence-corrected chi connectivity index (χ4v) is 4.07. The van der Waals surface area contributed by atoms with Crippen LogP contribution in [0.25, 0.3) is 0 Å². The van der Waals surface area contributed by atoms with Crippen LogP contribution in [0.5, 0.6) is 5.75 Å². The van der Waals surface area contributed by atoms with E-state index in [2.05, 4.69) is 10.0 Å². The molecule has 0 atom stereocenters. The van der Waals surface area contributed by atoms with Crippen LogP contribution in [-0.4, -0.2) is 20.9 Å². The number of hydrogen-bond acceptors (Lipinski definition) is 4. The minimum Gasteiger partial charge on any atom is -0.492 e. The minimum atomic E-state index is -3.91. The lowest BCUT2D eigenvalue weighted by molar-refractivity contribution is 0.102. The first kappa shape index (κ1) is 22.0. The number of carbonyl (C=O) groups is 1. The number of rotatable bonds is 7. The van der Waals surface area contributed by atoms with Gasteiger partial charge in [-0.1, -0.05) is 41.4 Å². The van der Waals surface area contributed by atoms with Crippen molar-refractivity contribution in [2.45, 2.75) is 11.8 Å². The summed E-state index contributed by atoms with van der Waals surface area (Å²) < 4.78 is 33.2. The maximum Gasteiger partial charge on any atom is 0.261 e. The van der Waals surface area contributed by atoms with Gasteiger partial charge in [0.15, 0.2) is 0 Å². The highest BCUT2D eigenvalue weighted by molar-refractivity contribution is 7.92. The highest BCUT2D eigenvalue weighted by Crippen LogP contribution is 2.27. The van der Waals surface area contributed by atoms with Crippen LogP contribution < -0.4 is 14.8 Å². The maximum atomic E-state index is 12.7. The summed E-state index contributed by atoms with van der Waals surface area (Å²) in [5.41, 5.74) is 1.02. The van der Waals surface area contributed by atoms with Crippen molar-refractivity contribution in [1.29, 1.82) is 0 Å². The molecule has 0 fully saturated rings. The van der Waals surface area contributed by atoms with E-state index in [-0.39, 0.29) is 26.2 Å². The number of benzene rings is 3. The molecule has 3 rings (SSSR count). The fraction of sp³-hybridized carbons (Fsp3) is 0.0952. The van der Waals surface area contributed by atoms with E-state index in [1.807, 2.05) is 6.92 Å². The number of nitrogens with one attached hydrogen (secondary N) is 2. The quantitative estimate of drug-likeness (QED) is 0.486. The molecule has 0 unspecified atom stereocenters. The second-order valence-electron chi connectivity index (χ2n) is 6.15. The Hall–Kier alpha value is -2.74. The topological polar surface area (TPSA) is 84.5 Å². The van der Waals surface area contributed by atoms with E-state index in [9.17, 15) is 13.2 Å². The Labute approximate surface area is 184 Å². The zero-order valence-corrected chi connectivity index (χ0v) is 18.2. The van der Waals surface area contributed by atoms with E-state index < -0.39 is 15.9 Å². The maximum absolute atomic E-state index is 12.7. The highest BCUT2D eigenvalue weighted by atomic mass is 35.5. The van der Waals surface area contributed by atoms with Gasteiger partial charge >= 0.3 is 0 Å². The Kier molecular flexibility index (Phi) is 6.87. The largest absolute Gasteiger partial charge is 0.492 e. The molecule has 2 N–H and O–H groups in total. The van der Waals surface area contributed by atoms with Gasteiger partial charge in [0.1, 0.15) is 5.75 Å². The fourth-order valence-electron chi connectivity index (χ4n) is 2.63. The average molecular weight is 465 g/mol. The van der Waals surface area contributed by atoms with Gasteiger partial charge in [-0.05, 0) is 55.5 Å². The lowest BCUT2D eigenvalue weighted by atomic mass is 10.2. The lowest BCUT2D eigenvalue weighted by Crippen LogP contribution is -2.15. The molecule has 0 spiro atoms. The van der Waals surface area contributed by atoms with E-state index in [0.717, 1.165) is 0 Å². The van der Waals surface area contributed by atoms with Crippen molar-refractivity contribution in [1.82, 2.24) is 0 Å². The predicted octanol–water partition coefficient (Wildman–Crippen LogP) is 5.45. The third-order valence-electron chi connectivity index (χ3n) is 4.01. The molecule has 1 amide bonds. The predicted molar refractivity (Wildman–Crippen MR) is 119 cm³/mol. The lowest BCUT2D eigenvalue weighted by Gasteiger charge is -2.12. The van der Waals surface area contributed by atoms with Gasteiger partial charge in [0, 0.05) is 11.3 Å². The first-order chi connectivity index (χ1) is 14.3. The second-order valence-corrected chi connectivity index (χ2v) is 8.64. The molecule has 0 radical (unpaired) electrons. The average Bonchev–Trinajstić information content (AvgIpc) is 2.71. The Balaban J connectivity index is 1.80. The van der Waals surface area contributed by atoms with Crippen molar-refractivity contribution >= 4 is 50.5 Å². The first-order valence-corrected chi connectivity index (χ1v) is 11.1. The Bertz CT molecular complexity index is 1180. The molecule has 0 heterocycles. The molecule has 0 saturated heterocycles. The number of ether oxygens (including phenoxy) is 1. The van der Waals surface area contributed by atoms with Crippen LogP contribution in [0, 0.1) is 0 Å². The van der Waals surface area contributed by atoms with Crippen molar-refractivity contribution in [2.24, 2.45) is 0 Å². The van der Waals surface area contributed by atoms with Gasteiger partial charge in [0.2, 0.25) is 0 Å². The molecule has 3 aromatic carbocycles. The van der Waals surface area contributed by atoms with Gasteiger partial charge in [0.25, 0.3) is 15.9 Å². The second kappa shape index (κ2) is 9.38. The zero-order valence-electron chi connectivity index (χ0n) is 15.9. The Morgan fingerprint density at radius 1 is 0.967 bits per heavy atom. The molecule has 0 aromatic heterocycles. The van der Waals surface area contributed by atoms with E-state index >= 15 is 0 Å². The minimum absolute atomic E-state index is 0.0441. The van der Waals surface area contributed by atoms with Gasteiger partial charge in [-0.15, -0.1) is 0 Å². The third-order valence-corrected chi connectivity index (χ3v) is 6.13. The number of amides is 1. The molecule has 0 aliphatic rings. The van der Waals surface area contributed by atoms with Crippen molar-refractivity contribution in [3.63, 3.8) is 0 Å². The molecule has 0 aliphatic heterocycles. The number of para-hydroxylation sites is 2. The molecular weight excluding hydrogens is 447 g/mol. The van der Waals surface area contributed by atoms with Crippen molar-refractivity contribution in [3.8, 4) is 5.75 Å². The third kappa shape index (κ3) is 5.24. The van der Waals surface area contributed by atoms with Crippen LogP contribution in [0.15, 0.2) is 71.6 Å². The molecule has 156 valence electrons. The number of sulfonamides is 1. The van der Waals surface area contributed by atoms with Crippen LogP contribution in [0.2, 0.25) is 10.0 Å². The van der Waals surface area contributed by atoms with Crippen LogP contribution in [0.3, 0.4) is 0 Å². The van der Waals surface area contributed by atoms with Gasteiger partial charge in [0.05, 0.1) is 27.2 Å². The molecular formula is C21H18Cl2N2O4S. The van der Waals surface area contributed by atoms with Crippen LogP contribution in [0.4, 0.5) is 11.4 Å². The standard InChI is InChI=1S/C21H18Cl2N2O4S/c1-2-29-20-9-4-3-8-19(20)24-21(26)14-6-5-7-15(12-14)25-30(27,28)16-10-11-17(22)18(23)13-16/h3-13,25H,2H2,1H3,(H,24,26). The van der Waals surface area contributed by atoms with E-state index in [1.165, 1.54) is 24.3 Å². The van der Waals surface area contributed by atoms with Gasteiger partial charge in [-0.25, -0.2) is 8.42 Å². The zero-order chi connectivity index (χ0) is 21.7. The summed E-state index contributed by atoms with van der Waals surface area (Å²) in [6.07, 6.45) is 0. The van der Waals surface area contributed by atoms with E-state index in [0.29, 0.717) is 18.0 Å². The normalized spacial score (nSPS) is 11.0. The number of carbonyl (C=O) groups excluding carboxylic acids is 1. The summed E-state index contributed by atoms with van der Waals surface area (Å²) in [5.74, 6) is 0.141. The summed E-state index contributed by atoms with van der Waals surface area (Å²) in [6, 6.07) is 17.2. The molecule has 3 aromatic rings. The number of halogens is 2. The molecule has 0 aliphatic carbocycles. The summed E-state index contributed by atoms with van der Waals surface area (Å²) in [7, 11) is -3.91. The first-order valence-electron chi connectivity index (χ1n) is 8.91. The molecule has 0 bridgehead atoms. The summed E-state index contributed by atoms with van der Waals surface area (Å²) in [6.45, 7) is 2.31. The molecule has 9 heteroatoms. The van der Waals surface area contributed by atoms with E-state index in [1.54, 1.807) is 42.5 Å². The Morgan fingerprint density at radius 3 is 2.47 bits per heavy atom. The Morgan fingerprint density at radius 2 is 1.73 bits per heavy atom. The van der Waals surface area contributed by atoms with E-state index in [4.69, 9.17) is 27.9 Å². The highest BCUT2D eigenvalue weighted by Gasteiger charge is 2.17. The van der Waals surface area contributed by atoms with Crippen molar-refractivity contribution in [2.75, 3.05) is 16.6 Å². The van der Waals surface area contributed by atoms with Gasteiger partial charge in [-0.2, -0.15) is 0 Å².